The van der Waals surface area contributed by atoms with Crippen molar-refractivity contribution in [2.24, 2.45) is 5.92 Å². The molecule has 1 aromatic rings. The molecule has 0 radical (unpaired) electrons. The van der Waals surface area contributed by atoms with Gasteiger partial charge in [-0.2, -0.15) is 0 Å². The minimum absolute atomic E-state index is 0.0163. The van der Waals surface area contributed by atoms with Crippen LogP contribution in [-0.4, -0.2) is 50.9 Å². The monoisotopic (exact) mass is 334 g/mol. The Labute approximate surface area is 142 Å². The summed E-state index contributed by atoms with van der Waals surface area (Å²) in [6, 6.07) is 0.341. The third kappa shape index (κ3) is 3.44. The molecule has 0 spiro atoms. The van der Waals surface area contributed by atoms with E-state index in [0.29, 0.717) is 50.3 Å². The summed E-state index contributed by atoms with van der Waals surface area (Å²) < 4.78 is 5.51. The maximum atomic E-state index is 12.8. The molecule has 7 heteroatoms. The average molecular weight is 334 g/mol. The molecule has 1 aliphatic heterocycles. The van der Waals surface area contributed by atoms with Gasteiger partial charge in [-0.3, -0.25) is 9.59 Å². The number of likely N-dealkylation sites (tertiary alicyclic amines) is 1. The third-order valence-corrected chi connectivity index (χ3v) is 5.10. The summed E-state index contributed by atoms with van der Waals surface area (Å²) in [6.45, 7) is 5.32. The second kappa shape index (κ2) is 7.32. The summed E-state index contributed by atoms with van der Waals surface area (Å²) in [7, 11) is 0. The molecule has 1 saturated carbocycles. The maximum Gasteiger partial charge on any atom is 0.235 e. The maximum absolute atomic E-state index is 12.8. The molecule has 2 amide bonds. The van der Waals surface area contributed by atoms with Crippen LogP contribution in [0.25, 0.3) is 0 Å². The van der Waals surface area contributed by atoms with Crippen LogP contribution >= 0.6 is 0 Å². The molecule has 132 valence electrons. The number of hydrogen-bond acceptors (Lipinski definition) is 5. The van der Waals surface area contributed by atoms with E-state index in [1.165, 1.54) is 12.8 Å². The molecule has 2 fully saturated rings. The molecule has 1 aromatic heterocycles. The summed E-state index contributed by atoms with van der Waals surface area (Å²) in [5, 5.41) is 7.93. The first kappa shape index (κ1) is 16.9. The van der Waals surface area contributed by atoms with Gasteiger partial charge in [0.2, 0.25) is 23.6 Å². The Hall–Kier alpha value is -1.92. The van der Waals surface area contributed by atoms with Crippen LogP contribution in [0.4, 0.5) is 0 Å². The Kier molecular flexibility index (Phi) is 5.16. The molecular formula is C17H26N4O3. The van der Waals surface area contributed by atoms with E-state index in [1.54, 1.807) is 4.90 Å². The van der Waals surface area contributed by atoms with Crippen molar-refractivity contribution in [2.75, 3.05) is 13.1 Å². The van der Waals surface area contributed by atoms with Crippen LogP contribution in [0, 0.1) is 5.92 Å². The van der Waals surface area contributed by atoms with Gasteiger partial charge in [-0.25, -0.2) is 0 Å². The number of hydrogen-bond donors (Lipinski definition) is 0. The number of carbonyl (C=O) groups excluding carboxylic acids is 2. The second-order valence-electron chi connectivity index (χ2n) is 6.68. The Balaban J connectivity index is 1.62. The number of rotatable bonds is 6. The topological polar surface area (TPSA) is 79.5 Å². The van der Waals surface area contributed by atoms with Gasteiger partial charge in [-0.15, -0.1) is 10.2 Å². The van der Waals surface area contributed by atoms with Gasteiger partial charge in [0, 0.05) is 32.0 Å². The highest BCUT2D eigenvalue weighted by atomic mass is 16.4. The van der Waals surface area contributed by atoms with Gasteiger partial charge < -0.3 is 14.2 Å². The Morgan fingerprint density at radius 2 is 1.96 bits per heavy atom. The lowest BCUT2D eigenvalue weighted by molar-refractivity contribution is -0.136. The molecule has 1 atom stereocenters. The third-order valence-electron chi connectivity index (χ3n) is 5.10. The summed E-state index contributed by atoms with van der Waals surface area (Å²) in [6.07, 6.45) is 5.53. The van der Waals surface area contributed by atoms with Crippen molar-refractivity contribution < 1.29 is 14.0 Å². The quantitative estimate of drug-likeness (QED) is 0.792. The van der Waals surface area contributed by atoms with Crippen LogP contribution in [0.15, 0.2) is 4.42 Å². The molecule has 2 heterocycles. The Morgan fingerprint density at radius 1 is 1.25 bits per heavy atom. The van der Waals surface area contributed by atoms with Crippen LogP contribution < -0.4 is 0 Å². The minimum atomic E-state index is -0.244. The summed E-state index contributed by atoms with van der Waals surface area (Å²) >= 11 is 0. The lowest BCUT2D eigenvalue weighted by atomic mass is 10.1. The fourth-order valence-corrected chi connectivity index (χ4v) is 3.73. The van der Waals surface area contributed by atoms with Gasteiger partial charge >= 0.3 is 0 Å². The van der Waals surface area contributed by atoms with Crippen molar-refractivity contribution in [3.8, 4) is 0 Å². The standard InChI is InChI=1S/C17H26N4O3/c1-3-14-18-19-15(24-14)11-20(4-2)17(23)12-9-16(22)21(10-12)13-7-5-6-8-13/h12-13H,3-11H2,1-2H3/t12-/m1/s1. The largest absolute Gasteiger partial charge is 0.423 e. The molecule has 24 heavy (non-hydrogen) atoms. The highest BCUT2D eigenvalue weighted by Crippen LogP contribution is 2.30. The van der Waals surface area contributed by atoms with Gasteiger partial charge in [0.1, 0.15) is 0 Å². The van der Waals surface area contributed by atoms with Crippen molar-refractivity contribution in [1.29, 1.82) is 0 Å². The average Bonchev–Trinajstić information content (AvgIpc) is 3.32. The zero-order valence-corrected chi connectivity index (χ0v) is 14.5. The van der Waals surface area contributed by atoms with Crippen LogP contribution in [0.2, 0.25) is 0 Å². The van der Waals surface area contributed by atoms with Gasteiger partial charge in [0.05, 0.1) is 12.5 Å². The predicted molar refractivity (Wildman–Crippen MR) is 86.8 cm³/mol. The molecule has 1 aliphatic carbocycles. The lowest BCUT2D eigenvalue weighted by Gasteiger charge is -2.25. The molecule has 2 aliphatic rings. The molecule has 7 nitrogen and oxygen atoms in total. The zero-order chi connectivity index (χ0) is 17.1. The van der Waals surface area contributed by atoms with E-state index >= 15 is 0 Å². The van der Waals surface area contributed by atoms with E-state index in [1.807, 2.05) is 18.7 Å². The van der Waals surface area contributed by atoms with Crippen molar-refractivity contribution in [3.63, 3.8) is 0 Å². The van der Waals surface area contributed by atoms with Crippen LogP contribution in [0.5, 0.6) is 0 Å². The Morgan fingerprint density at radius 3 is 2.58 bits per heavy atom. The molecule has 0 unspecified atom stereocenters. The fraction of sp³-hybridized carbons (Fsp3) is 0.765. The molecule has 0 aromatic carbocycles. The first-order valence-electron chi connectivity index (χ1n) is 9.01. The smallest absolute Gasteiger partial charge is 0.235 e. The summed E-state index contributed by atoms with van der Waals surface area (Å²) in [4.78, 5) is 28.8. The normalized spacial score (nSPS) is 21.7. The van der Waals surface area contributed by atoms with E-state index in [9.17, 15) is 9.59 Å². The van der Waals surface area contributed by atoms with E-state index in [4.69, 9.17) is 4.42 Å². The van der Waals surface area contributed by atoms with Crippen molar-refractivity contribution in [1.82, 2.24) is 20.0 Å². The van der Waals surface area contributed by atoms with Crippen LogP contribution in [-0.2, 0) is 22.6 Å². The summed E-state index contributed by atoms with van der Waals surface area (Å²) in [5.74, 6) is 0.938. The SMILES string of the molecule is CCc1nnc(CN(CC)C(=O)[C@@H]2CC(=O)N(C3CCCC3)C2)o1. The predicted octanol–water partition coefficient (Wildman–Crippen LogP) is 1.77. The zero-order valence-electron chi connectivity index (χ0n) is 14.5. The molecule has 3 rings (SSSR count). The number of amides is 2. The highest BCUT2D eigenvalue weighted by Gasteiger charge is 2.40. The van der Waals surface area contributed by atoms with Gasteiger partial charge in [-0.1, -0.05) is 19.8 Å². The van der Waals surface area contributed by atoms with E-state index in [2.05, 4.69) is 10.2 Å². The minimum Gasteiger partial charge on any atom is -0.423 e. The second-order valence-corrected chi connectivity index (χ2v) is 6.68. The summed E-state index contributed by atoms with van der Waals surface area (Å²) in [5.41, 5.74) is 0. The van der Waals surface area contributed by atoms with E-state index in [0.717, 1.165) is 12.8 Å². The molecule has 1 saturated heterocycles. The van der Waals surface area contributed by atoms with Gasteiger partial charge in [0.25, 0.3) is 0 Å². The molecule has 0 N–H and O–H groups in total. The first-order valence-corrected chi connectivity index (χ1v) is 9.01. The van der Waals surface area contributed by atoms with Crippen molar-refractivity contribution in [2.45, 2.75) is 65.0 Å². The number of carbonyl (C=O) groups is 2. The van der Waals surface area contributed by atoms with E-state index < -0.39 is 0 Å². The van der Waals surface area contributed by atoms with Crippen LogP contribution in [0.3, 0.4) is 0 Å². The van der Waals surface area contributed by atoms with Gasteiger partial charge in [0.15, 0.2) is 0 Å². The molecular weight excluding hydrogens is 308 g/mol. The highest BCUT2D eigenvalue weighted by molar-refractivity contribution is 5.89. The van der Waals surface area contributed by atoms with Crippen molar-refractivity contribution in [3.05, 3.63) is 11.8 Å². The fourth-order valence-electron chi connectivity index (χ4n) is 3.73. The first-order chi connectivity index (χ1) is 11.6. The van der Waals surface area contributed by atoms with E-state index in [-0.39, 0.29) is 17.7 Å². The number of aryl methyl sites for hydroxylation is 1. The lowest BCUT2D eigenvalue weighted by Crippen LogP contribution is -2.38. The van der Waals surface area contributed by atoms with Crippen molar-refractivity contribution >= 4 is 11.8 Å². The van der Waals surface area contributed by atoms with Gasteiger partial charge in [-0.05, 0) is 19.8 Å². The number of nitrogens with zero attached hydrogens (tertiary/aromatic N) is 4. The number of aromatic nitrogens is 2. The molecule has 0 bridgehead atoms. The Bertz CT molecular complexity index is 594. The van der Waals surface area contributed by atoms with Crippen LogP contribution in [0.1, 0.15) is 57.7 Å².